The van der Waals surface area contributed by atoms with Gasteiger partial charge in [-0.1, -0.05) is 42.5 Å². The molecule has 1 aliphatic rings. The molecular formula is C21H20N2O. The van der Waals surface area contributed by atoms with Crippen molar-refractivity contribution in [1.29, 1.82) is 0 Å². The highest BCUT2D eigenvalue weighted by molar-refractivity contribution is 5.79. The molecule has 0 radical (unpaired) electrons. The Bertz CT molecular complexity index is 813. The Hall–Kier alpha value is -2.81. The van der Waals surface area contributed by atoms with E-state index in [4.69, 9.17) is 4.42 Å². The topological polar surface area (TPSA) is 28.7 Å². The van der Waals surface area contributed by atoms with Gasteiger partial charge < -0.3 is 9.32 Å². The number of aliphatic imine (C=N–C) groups is 1. The molecule has 1 saturated heterocycles. The molecule has 2 aromatic carbocycles. The lowest BCUT2D eigenvalue weighted by atomic mass is 10.1. The number of benzene rings is 2. The van der Waals surface area contributed by atoms with Gasteiger partial charge in [-0.3, -0.25) is 4.99 Å². The predicted octanol–water partition coefficient (Wildman–Crippen LogP) is 5.30. The Morgan fingerprint density at radius 2 is 1.50 bits per heavy atom. The van der Waals surface area contributed by atoms with Crippen LogP contribution in [0.2, 0.25) is 0 Å². The first-order valence-corrected chi connectivity index (χ1v) is 8.43. The molecule has 0 unspecified atom stereocenters. The summed E-state index contributed by atoms with van der Waals surface area (Å²) in [4.78, 5) is 6.80. The number of anilines is 1. The SMILES string of the molecule is C(=Nc1ccc(-c2ccccc2)cc1)c1ccc(N2CCCC2)o1. The van der Waals surface area contributed by atoms with Crippen molar-refractivity contribution in [1.82, 2.24) is 0 Å². The third-order valence-corrected chi connectivity index (χ3v) is 4.35. The lowest BCUT2D eigenvalue weighted by Crippen LogP contribution is -2.16. The zero-order chi connectivity index (χ0) is 16.2. The molecule has 0 saturated carbocycles. The van der Waals surface area contributed by atoms with E-state index in [9.17, 15) is 0 Å². The molecule has 0 N–H and O–H groups in total. The van der Waals surface area contributed by atoms with Crippen LogP contribution in [0, 0.1) is 0 Å². The van der Waals surface area contributed by atoms with Gasteiger partial charge in [0.15, 0.2) is 5.88 Å². The van der Waals surface area contributed by atoms with Crippen molar-refractivity contribution in [2.75, 3.05) is 18.0 Å². The van der Waals surface area contributed by atoms with Crippen LogP contribution in [0.3, 0.4) is 0 Å². The van der Waals surface area contributed by atoms with E-state index in [0.717, 1.165) is 30.4 Å². The Labute approximate surface area is 142 Å². The van der Waals surface area contributed by atoms with Crippen LogP contribution in [-0.4, -0.2) is 19.3 Å². The van der Waals surface area contributed by atoms with Gasteiger partial charge in [0.1, 0.15) is 5.76 Å². The van der Waals surface area contributed by atoms with E-state index in [0.29, 0.717) is 0 Å². The van der Waals surface area contributed by atoms with E-state index in [1.54, 1.807) is 6.21 Å². The molecule has 1 aromatic heterocycles. The Kier molecular flexibility index (Phi) is 4.15. The summed E-state index contributed by atoms with van der Waals surface area (Å²) in [5, 5.41) is 0. The average Bonchev–Trinajstić information content (AvgIpc) is 3.33. The Morgan fingerprint density at radius 3 is 2.25 bits per heavy atom. The smallest absolute Gasteiger partial charge is 0.196 e. The molecule has 0 bridgehead atoms. The van der Waals surface area contributed by atoms with E-state index in [2.05, 4.69) is 46.3 Å². The van der Waals surface area contributed by atoms with Gasteiger partial charge in [-0.2, -0.15) is 0 Å². The quantitative estimate of drug-likeness (QED) is 0.611. The fraction of sp³-hybridized carbons (Fsp3) is 0.190. The molecule has 1 aliphatic heterocycles. The van der Waals surface area contributed by atoms with Crippen molar-refractivity contribution in [3.63, 3.8) is 0 Å². The van der Waals surface area contributed by atoms with Crippen molar-refractivity contribution in [3.8, 4) is 11.1 Å². The minimum atomic E-state index is 0.795. The number of rotatable bonds is 4. The summed E-state index contributed by atoms with van der Waals surface area (Å²) in [5.74, 6) is 1.75. The van der Waals surface area contributed by atoms with Gasteiger partial charge in [0.05, 0.1) is 11.9 Å². The van der Waals surface area contributed by atoms with Gasteiger partial charge in [0.25, 0.3) is 0 Å². The molecule has 0 aliphatic carbocycles. The van der Waals surface area contributed by atoms with Crippen LogP contribution in [0.25, 0.3) is 11.1 Å². The van der Waals surface area contributed by atoms with Crippen molar-refractivity contribution >= 4 is 17.8 Å². The molecule has 3 nitrogen and oxygen atoms in total. The van der Waals surface area contributed by atoms with Gasteiger partial charge in [0.2, 0.25) is 0 Å². The highest BCUT2D eigenvalue weighted by Crippen LogP contribution is 2.24. The van der Waals surface area contributed by atoms with Crippen LogP contribution in [0.5, 0.6) is 0 Å². The molecular weight excluding hydrogens is 296 g/mol. The Morgan fingerprint density at radius 1 is 0.792 bits per heavy atom. The monoisotopic (exact) mass is 316 g/mol. The fourth-order valence-corrected chi connectivity index (χ4v) is 3.03. The maximum absolute atomic E-state index is 5.86. The van der Waals surface area contributed by atoms with Crippen LogP contribution in [0.1, 0.15) is 18.6 Å². The van der Waals surface area contributed by atoms with Crippen LogP contribution in [0.15, 0.2) is 76.1 Å². The molecule has 0 spiro atoms. The van der Waals surface area contributed by atoms with Crippen molar-refractivity contribution < 1.29 is 4.42 Å². The summed E-state index contributed by atoms with van der Waals surface area (Å²) in [7, 11) is 0. The van der Waals surface area contributed by atoms with Crippen LogP contribution >= 0.6 is 0 Å². The van der Waals surface area contributed by atoms with Gasteiger partial charge in [-0.15, -0.1) is 0 Å². The highest BCUT2D eigenvalue weighted by Gasteiger charge is 2.14. The summed E-state index contributed by atoms with van der Waals surface area (Å²) in [6.07, 6.45) is 4.28. The lowest BCUT2D eigenvalue weighted by molar-refractivity contribution is 0.550. The third kappa shape index (κ3) is 3.25. The Balaban J connectivity index is 1.46. The normalized spacial score (nSPS) is 14.6. The zero-order valence-corrected chi connectivity index (χ0v) is 13.6. The number of nitrogens with zero attached hydrogens (tertiary/aromatic N) is 2. The minimum Gasteiger partial charge on any atom is -0.440 e. The second kappa shape index (κ2) is 6.75. The first kappa shape index (κ1) is 14.8. The minimum absolute atomic E-state index is 0.795. The molecule has 3 heteroatoms. The number of hydrogen-bond acceptors (Lipinski definition) is 3. The molecule has 0 atom stereocenters. The van der Waals surface area contributed by atoms with Gasteiger partial charge in [0, 0.05) is 19.2 Å². The maximum atomic E-state index is 5.86. The molecule has 0 amide bonds. The van der Waals surface area contributed by atoms with E-state index in [-0.39, 0.29) is 0 Å². The maximum Gasteiger partial charge on any atom is 0.196 e. The number of hydrogen-bond donors (Lipinski definition) is 0. The summed E-state index contributed by atoms with van der Waals surface area (Å²) in [6.45, 7) is 2.18. The summed E-state index contributed by atoms with van der Waals surface area (Å²) >= 11 is 0. The third-order valence-electron chi connectivity index (χ3n) is 4.35. The van der Waals surface area contributed by atoms with Gasteiger partial charge in [-0.25, -0.2) is 0 Å². The van der Waals surface area contributed by atoms with E-state index >= 15 is 0 Å². The van der Waals surface area contributed by atoms with Gasteiger partial charge >= 0.3 is 0 Å². The second-order valence-corrected chi connectivity index (χ2v) is 6.04. The van der Waals surface area contributed by atoms with Crippen LogP contribution in [-0.2, 0) is 0 Å². The lowest BCUT2D eigenvalue weighted by Gasteiger charge is -2.12. The summed E-state index contributed by atoms with van der Waals surface area (Å²) in [6, 6.07) is 22.6. The molecule has 2 heterocycles. The van der Waals surface area contributed by atoms with Crippen LogP contribution < -0.4 is 4.90 Å². The zero-order valence-electron chi connectivity index (χ0n) is 13.6. The van der Waals surface area contributed by atoms with Crippen LogP contribution in [0.4, 0.5) is 11.6 Å². The summed E-state index contributed by atoms with van der Waals surface area (Å²) < 4.78 is 5.86. The first-order chi connectivity index (χ1) is 11.9. The van der Waals surface area contributed by atoms with Crippen molar-refractivity contribution in [3.05, 3.63) is 72.5 Å². The molecule has 4 rings (SSSR count). The number of furan rings is 1. The fourth-order valence-electron chi connectivity index (χ4n) is 3.03. The molecule has 3 aromatic rings. The van der Waals surface area contributed by atoms with Crippen molar-refractivity contribution in [2.24, 2.45) is 4.99 Å². The second-order valence-electron chi connectivity index (χ2n) is 6.04. The van der Waals surface area contributed by atoms with Crippen molar-refractivity contribution in [2.45, 2.75) is 12.8 Å². The average molecular weight is 316 g/mol. The van der Waals surface area contributed by atoms with Gasteiger partial charge in [-0.05, 0) is 42.2 Å². The molecule has 24 heavy (non-hydrogen) atoms. The van der Waals surface area contributed by atoms with E-state index in [1.165, 1.54) is 24.0 Å². The molecule has 120 valence electrons. The van der Waals surface area contributed by atoms with E-state index < -0.39 is 0 Å². The van der Waals surface area contributed by atoms with E-state index in [1.807, 2.05) is 30.3 Å². The first-order valence-electron chi connectivity index (χ1n) is 8.43. The molecule has 1 fully saturated rings. The highest BCUT2D eigenvalue weighted by atomic mass is 16.4. The predicted molar refractivity (Wildman–Crippen MR) is 99.3 cm³/mol. The standard InChI is InChI=1S/C21H20N2O/c1-2-6-17(7-3-1)18-8-10-19(11-9-18)22-16-20-12-13-21(24-20)23-14-4-5-15-23/h1-3,6-13,16H,4-5,14-15H2. The summed E-state index contributed by atoms with van der Waals surface area (Å²) in [5.41, 5.74) is 3.34. The largest absolute Gasteiger partial charge is 0.440 e.